The predicted octanol–water partition coefficient (Wildman–Crippen LogP) is 1.53. The van der Waals surface area contributed by atoms with Crippen molar-refractivity contribution in [3.8, 4) is 0 Å². The van der Waals surface area contributed by atoms with E-state index in [1.54, 1.807) is 11.8 Å². The fourth-order valence-electron chi connectivity index (χ4n) is 2.21. The maximum atomic E-state index is 12.0. The van der Waals surface area contributed by atoms with E-state index >= 15 is 0 Å². The Balaban J connectivity index is 2.32. The molecule has 1 aliphatic rings. The Bertz CT molecular complexity index is 592. The molecule has 0 saturated carbocycles. The minimum absolute atomic E-state index is 0.510. The molecule has 0 radical (unpaired) electrons. The van der Waals surface area contributed by atoms with E-state index in [1.165, 1.54) is 6.26 Å². The normalized spacial score (nSPS) is 19.6. The summed E-state index contributed by atoms with van der Waals surface area (Å²) in [6.07, 6.45) is 2.28. The lowest BCUT2D eigenvalue weighted by Crippen LogP contribution is -2.47. The number of hydrogen-bond donors (Lipinski definition) is 1. The van der Waals surface area contributed by atoms with Crippen molar-refractivity contribution in [1.82, 2.24) is 9.97 Å². The molecule has 0 aliphatic carbocycles. The molecule has 1 aliphatic heterocycles. The Morgan fingerprint density at radius 1 is 1.48 bits per heavy atom. The lowest BCUT2D eigenvalue weighted by molar-refractivity contribution is 0.583. The molecule has 1 N–H and O–H groups in total. The van der Waals surface area contributed by atoms with Crippen LogP contribution < -0.4 is 10.2 Å². The molecule has 21 heavy (non-hydrogen) atoms. The smallest absolute Gasteiger partial charge is 0.224 e. The van der Waals surface area contributed by atoms with Gasteiger partial charge >= 0.3 is 0 Å². The minimum atomic E-state index is -3.14. The number of rotatable bonds is 5. The molecule has 2 heterocycles. The Morgan fingerprint density at radius 2 is 2.24 bits per heavy atom. The molecule has 0 bridgehead atoms. The first-order chi connectivity index (χ1) is 9.91. The lowest BCUT2D eigenvalue weighted by Gasteiger charge is -2.35. The number of hydrogen-bond acceptors (Lipinski definition) is 7. The van der Waals surface area contributed by atoms with Crippen LogP contribution in [0.3, 0.4) is 0 Å². The molecule has 2 rings (SSSR count). The first-order valence-electron chi connectivity index (χ1n) is 7.04. The zero-order valence-corrected chi connectivity index (χ0v) is 14.3. The van der Waals surface area contributed by atoms with Crippen LogP contribution in [0.1, 0.15) is 19.0 Å². The Kier molecular flexibility index (Phi) is 5.32. The van der Waals surface area contributed by atoms with Crippen LogP contribution >= 0.6 is 11.8 Å². The standard InChI is InChI=1S/C13H22N4O2S2/c1-4-5-14-13-15-10(2)8-11(16-13)17-6-7-20-9-12(17)21(3,18)19/h8,12H,4-7,9H2,1-3H3,(H,14,15,16). The van der Waals surface area contributed by atoms with Crippen molar-refractivity contribution in [2.24, 2.45) is 0 Å². The van der Waals surface area contributed by atoms with Gasteiger partial charge < -0.3 is 10.2 Å². The number of aromatic nitrogens is 2. The fourth-order valence-corrected chi connectivity index (χ4v) is 5.04. The van der Waals surface area contributed by atoms with Crippen LogP contribution in [0.5, 0.6) is 0 Å². The molecule has 0 amide bonds. The van der Waals surface area contributed by atoms with Gasteiger partial charge in [0.05, 0.1) is 0 Å². The topological polar surface area (TPSA) is 75.2 Å². The van der Waals surface area contributed by atoms with Crippen molar-refractivity contribution in [3.05, 3.63) is 11.8 Å². The molecular formula is C13H22N4O2S2. The van der Waals surface area contributed by atoms with Gasteiger partial charge in [-0.15, -0.1) is 0 Å². The van der Waals surface area contributed by atoms with Crippen LogP contribution in [0.15, 0.2) is 6.07 Å². The van der Waals surface area contributed by atoms with Crippen molar-refractivity contribution in [3.63, 3.8) is 0 Å². The molecule has 6 nitrogen and oxygen atoms in total. The molecule has 1 fully saturated rings. The molecule has 0 spiro atoms. The van der Waals surface area contributed by atoms with Crippen LogP contribution in [0.25, 0.3) is 0 Å². The van der Waals surface area contributed by atoms with Crippen molar-refractivity contribution in [1.29, 1.82) is 0 Å². The fraction of sp³-hybridized carbons (Fsp3) is 0.692. The summed E-state index contributed by atoms with van der Waals surface area (Å²) >= 11 is 1.67. The van der Waals surface area contributed by atoms with Crippen LogP contribution in [-0.4, -0.2) is 54.6 Å². The van der Waals surface area contributed by atoms with E-state index in [9.17, 15) is 8.42 Å². The van der Waals surface area contributed by atoms with Gasteiger partial charge in [-0.25, -0.2) is 13.4 Å². The first-order valence-corrected chi connectivity index (χ1v) is 10.2. The van der Waals surface area contributed by atoms with Crippen molar-refractivity contribution >= 4 is 33.4 Å². The maximum Gasteiger partial charge on any atom is 0.224 e. The van der Waals surface area contributed by atoms with Gasteiger partial charge in [-0.05, 0) is 13.3 Å². The first kappa shape index (κ1) is 16.4. The number of nitrogens with one attached hydrogen (secondary N) is 1. The van der Waals surface area contributed by atoms with E-state index < -0.39 is 15.2 Å². The molecule has 8 heteroatoms. The zero-order valence-electron chi connectivity index (χ0n) is 12.7. The summed E-state index contributed by atoms with van der Waals surface area (Å²) in [5, 5.41) is 2.66. The highest BCUT2D eigenvalue weighted by Crippen LogP contribution is 2.26. The van der Waals surface area contributed by atoms with Crippen molar-refractivity contribution in [2.45, 2.75) is 25.6 Å². The average Bonchev–Trinajstić information content (AvgIpc) is 2.43. The molecular weight excluding hydrogens is 308 g/mol. The van der Waals surface area contributed by atoms with Crippen molar-refractivity contribution < 1.29 is 8.42 Å². The van der Waals surface area contributed by atoms with Gasteiger partial charge in [-0.1, -0.05) is 6.92 Å². The number of sulfone groups is 1. The highest BCUT2D eigenvalue weighted by atomic mass is 32.2. The number of aryl methyl sites for hydroxylation is 1. The van der Waals surface area contributed by atoms with Crippen LogP contribution in [-0.2, 0) is 9.84 Å². The van der Waals surface area contributed by atoms with E-state index in [-0.39, 0.29) is 0 Å². The minimum Gasteiger partial charge on any atom is -0.354 e. The Hall–Kier alpha value is -1.02. The molecule has 1 unspecified atom stereocenters. The van der Waals surface area contributed by atoms with Crippen LogP contribution in [0.2, 0.25) is 0 Å². The summed E-state index contributed by atoms with van der Waals surface area (Å²) in [7, 11) is -3.14. The third-order valence-corrected chi connectivity index (χ3v) is 5.89. The molecule has 1 atom stereocenters. The highest BCUT2D eigenvalue weighted by Gasteiger charge is 2.32. The van der Waals surface area contributed by atoms with Gasteiger partial charge in [-0.3, -0.25) is 0 Å². The van der Waals surface area contributed by atoms with E-state index in [0.29, 0.717) is 24.1 Å². The van der Waals surface area contributed by atoms with Gasteiger partial charge in [-0.2, -0.15) is 16.7 Å². The number of anilines is 2. The van der Waals surface area contributed by atoms with Gasteiger partial charge in [0.15, 0.2) is 9.84 Å². The highest BCUT2D eigenvalue weighted by molar-refractivity contribution is 8.01. The second-order valence-corrected chi connectivity index (χ2v) is 8.52. The monoisotopic (exact) mass is 330 g/mol. The third kappa shape index (κ3) is 4.23. The summed E-state index contributed by atoms with van der Waals surface area (Å²) in [6, 6.07) is 1.85. The maximum absolute atomic E-state index is 12.0. The quantitative estimate of drug-likeness (QED) is 0.877. The number of nitrogens with zero attached hydrogens (tertiary/aromatic N) is 3. The summed E-state index contributed by atoms with van der Waals surface area (Å²) in [4.78, 5) is 10.7. The van der Waals surface area contributed by atoms with Crippen molar-refractivity contribution in [2.75, 3.05) is 41.1 Å². The molecule has 1 saturated heterocycles. The van der Waals surface area contributed by atoms with Gasteiger partial charge in [0, 0.05) is 42.6 Å². The van der Waals surface area contributed by atoms with E-state index in [2.05, 4.69) is 22.2 Å². The summed E-state index contributed by atoms with van der Waals surface area (Å²) < 4.78 is 24.0. The largest absolute Gasteiger partial charge is 0.354 e. The van der Waals surface area contributed by atoms with Crippen LogP contribution in [0.4, 0.5) is 11.8 Å². The van der Waals surface area contributed by atoms with Gasteiger partial charge in [0.1, 0.15) is 11.2 Å². The summed E-state index contributed by atoms with van der Waals surface area (Å²) in [5.41, 5.74) is 0.837. The van der Waals surface area contributed by atoms with Gasteiger partial charge in [0.2, 0.25) is 5.95 Å². The summed E-state index contributed by atoms with van der Waals surface area (Å²) in [5.74, 6) is 2.75. The Morgan fingerprint density at radius 3 is 2.90 bits per heavy atom. The average molecular weight is 330 g/mol. The summed E-state index contributed by atoms with van der Waals surface area (Å²) in [6.45, 7) is 5.46. The molecule has 1 aromatic heterocycles. The SMILES string of the molecule is CCCNc1nc(C)cc(N2CCSCC2S(C)(=O)=O)n1. The molecule has 1 aromatic rings. The second-order valence-electron chi connectivity index (χ2n) is 5.17. The molecule has 118 valence electrons. The molecule has 0 aromatic carbocycles. The van der Waals surface area contributed by atoms with Gasteiger partial charge in [0.25, 0.3) is 0 Å². The van der Waals surface area contributed by atoms with Crippen LogP contribution in [0, 0.1) is 6.92 Å². The van der Waals surface area contributed by atoms with E-state index in [4.69, 9.17) is 0 Å². The number of thioether (sulfide) groups is 1. The Labute approximate surface area is 130 Å². The second kappa shape index (κ2) is 6.83. The zero-order chi connectivity index (χ0) is 15.5. The third-order valence-electron chi connectivity index (χ3n) is 3.25. The van der Waals surface area contributed by atoms with E-state index in [1.807, 2.05) is 17.9 Å². The lowest BCUT2D eigenvalue weighted by atomic mass is 10.3. The van der Waals surface area contributed by atoms with E-state index in [0.717, 1.165) is 24.4 Å². The predicted molar refractivity (Wildman–Crippen MR) is 88.9 cm³/mol.